The monoisotopic (exact) mass is 625 g/mol. The van der Waals surface area contributed by atoms with E-state index in [1.807, 2.05) is 78.9 Å². The van der Waals surface area contributed by atoms with Crippen molar-refractivity contribution in [2.45, 2.75) is 68.5 Å². The molecule has 2 amide bonds. The molecule has 6 rings (SSSR count). The highest BCUT2D eigenvalue weighted by Gasteiger charge is 2.36. The number of amides is 2. The van der Waals surface area contributed by atoms with Gasteiger partial charge in [-0.2, -0.15) is 0 Å². The fourth-order valence-electron chi connectivity index (χ4n) is 6.61. The summed E-state index contributed by atoms with van der Waals surface area (Å²) in [5.74, 6) is 0.307. The molecule has 234 valence electrons. The number of nitrogens with zero attached hydrogens (tertiary/aromatic N) is 2. The number of carbonyl (C=O) groups is 2. The topological polar surface area (TPSA) is 96.0 Å². The van der Waals surface area contributed by atoms with Crippen LogP contribution in [0.15, 0.2) is 95.9 Å². The van der Waals surface area contributed by atoms with Crippen molar-refractivity contribution >= 4 is 38.3 Å². The van der Waals surface area contributed by atoms with E-state index in [0.29, 0.717) is 29.2 Å². The van der Waals surface area contributed by atoms with Crippen LogP contribution in [0.25, 0.3) is 10.8 Å². The maximum atomic E-state index is 14.2. The molecule has 4 aromatic carbocycles. The van der Waals surface area contributed by atoms with Crippen molar-refractivity contribution < 1.29 is 22.7 Å². The van der Waals surface area contributed by atoms with E-state index in [2.05, 4.69) is 5.32 Å². The zero-order chi connectivity index (χ0) is 31.4. The molecule has 4 aromatic rings. The van der Waals surface area contributed by atoms with Gasteiger partial charge in [0, 0.05) is 37.4 Å². The van der Waals surface area contributed by atoms with E-state index in [-0.39, 0.29) is 37.4 Å². The summed E-state index contributed by atoms with van der Waals surface area (Å²) >= 11 is 0. The summed E-state index contributed by atoms with van der Waals surface area (Å²) in [7, 11) is -2.13. The molecule has 1 fully saturated rings. The van der Waals surface area contributed by atoms with E-state index < -0.39 is 16.1 Å². The number of hydrogen-bond donors (Lipinski definition) is 1. The molecule has 45 heavy (non-hydrogen) atoms. The Balaban J connectivity index is 1.26. The number of ether oxygens (including phenoxy) is 1. The minimum atomic E-state index is -3.73. The van der Waals surface area contributed by atoms with Crippen LogP contribution in [0.3, 0.4) is 0 Å². The summed E-state index contributed by atoms with van der Waals surface area (Å²) in [6.07, 6.45) is 4.80. The summed E-state index contributed by atoms with van der Waals surface area (Å²) in [4.78, 5) is 30.1. The van der Waals surface area contributed by atoms with E-state index in [1.54, 1.807) is 24.1 Å². The SMILES string of the molecule is COc1cccc(CN(C(=O)CCCN2c3cccc4cccc(c34)S2(=O)=O)[C@@H](Cc2ccccc2)C(=O)NC2CCCC2)c1. The van der Waals surface area contributed by atoms with Crippen molar-refractivity contribution in [2.75, 3.05) is 18.0 Å². The maximum absolute atomic E-state index is 14.2. The van der Waals surface area contributed by atoms with Crippen LogP contribution in [0.2, 0.25) is 0 Å². The van der Waals surface area contributed by atoms with Crippen molar-refractivity contribution in [3.8, 4) is 5.75 Å². The Morgan fingerprint density at radius 3 is 2.40 bits per heavy atom. The van der Waals surface area contributed by atoms with Crippen LogP contribution < -0.4 is 14.4 Å². The van der Waals surface area contributed by atoms with Gasteiger partial charge in [0.1, 0.15) is 11.8 Å². The van der Waals surface area contributed by atoms with Crippen molar-refractivity contribution in [1.29, 1.82) is 0 Å². The molecular weight excluding hydrogens is 586 g/mol. The third-order valence-corrected chi connectivity index (χ3v) is 10.7. The summed E-state index contributed by atoms with van der Waals surface area (Å²) in [5, 5.41) is 4.82. The van der Waals surface area contributed by atoms with E-state index in [4.69, 9.17) is 4.74 Å². The minimum absolute atomic E-state index is 0.0876. The fourth-order valence-corrected chi connectivity index (χ4v) is 8.35. The number of anilines is 1. The summed E-state index contributed by atoms with van der Waals surface area (Å²) in [6.45, 7) is 0.380. The zero-order valence-electron chi connectivity index (χ0n) is 25.5. The van der Waals surface area contributed by atoms with Gasteiger partial charge in [0.15, 0.2) is 0 Å². The Hall–Kier alpha value is -4.37. The van der Waals surface area contributed by atoms with Crippen LogP contribution in [0.5, 0.6) is 5.75 Å². The minimum Gasteiger partial charge on any atom is -0.497 e. The van der Waals surface area contributed by atoms with Gasteiger partial charge in [-0.15, -0.1) is 0 Å². The predicted molar refractivity (Wildman–Crippen MR) is 176 cm³/mol. The lowest BCUT2D eigenvalue weighted by atomic mass is 10.0. The second-order valence-electron chi connectivity index (χ2n) is 11.9. The first-order chi connectivity index (χ1) is 21.8. The second-order valence-corrected chi connectivity index (χ2v) is 13.7. The number of benzene rings is 4. The average molecular weight is 626 g/mol. The fraction of sp³-hybridized carbons (Fsp3) is 0.333. The molecule has 0 radical (unpaired) electrons. The molecule has 0 aromatic heterocycles. The summed E-state index contributed by atoms with van der Waals surface area (Å²) < 4.78 is 33.9. The number of sulfonamides is 1. The molecule has 0 unspecified atom stereocenters. The van der Waals surface area contributed by atoms with E-state index in [1.165, 1.54) is 4.31 Å². The molecule has 0 saturated heterocycles. The molecule has 1 saturated carbocycles. The molecule has 9 heteroatoms. The van der Waals surface area contributed by atoms with Gasteiger partial charge in [0.2, 0.25) is 11.8 Å². The molecule has 8 nitrogen and oxygen atoms in total. The largest absolute Gasteiger partial charge is 0.497 e. The summed E-state index contributed by atoms with van der Waals surface area (Å²) in [6, 6.07) is 27.5. The van der Waals surface area contributed by atoms with E-state index in [9.17, 15) is 18.0 Å². The van der Waals surface area contributed by atoms with Crippen LogP contribution in [0.1, 0.15) is 49.7 Å². The first-order valence-corrected chi connectivity index (χ1v) is 17.1. The van der Waals surface area contributed by atoms with Gasteiger partial charge in [-0.1, -0.05) is 79.6 Å². The third kappa shape index (κ3) is 6.54. The van der Waals surface area contributed by atoms with Crippen LogP contribution in [0.4, 0.5) is 5.69 Å². The predicted octanol–water partition coefficient (Wildman–Crippen LogP) is 5.84. The molecule has 0 spiro atoms. The van der Waals surface area contributed by atoms with Crippen LogP contribution >= 0.6 is 0 Å². The third-order valence-electron chi connectivity index (χ3n) is 8.89. The number of nitrogens with one attached hydrogen (secondary N) is 1. The number of hydrogen-bond acceptors (Lipinski definition) is 5. The standard InChI is InChI=1S/C36H39N3O5S/c1-44-30-18-7-13-27(23-30)25-38(32(24-26-11-3-2-4-12-26)36(41)37-29-16-5-6-17-29)34(40)21-10-22-39-31-19-8-14-28-15-9-20-33(35(28)31)45(39,42)43/h2-4,7-9,11-15,18-20,23,29,32H,5-6,10,16-17,21-22,24-25H2,1H3,(H,37,41)/t32-/m0/s1. The van der Waals surface area contributed by atoms with Gasteiger partial charge in [-0.3, -0.25) is 13.9 Å². The van der Waals surface area contributed by atoms with E-state index >= 15 is 0 Å². The van der Waals surface area contributed by atoms with Crippen molar-refractivity contribution in [3.63, 3.8) is 0 Å². The van der Waals surface area contributed by atoms with Gasteiger partial charge >= 0.3 is 0 Å². The van der Waals surface area contributed by atoms with Gasteiger partial charge in [-0.25, -0.2) is 8.42 Å². The molecule has 1 atom stereocenters. The molecule has 1 N–H and O–H groups in total. The quantitative estimate of drug-likeness (QED) is 0.214. The Morgan fingerprint density at radius 2 is 1.64 bits per heavy atom. The lowest BCUT2D eigenvalue weighted by Crippen LogP contribution is -2.52. The Bertz CT molecular complexity index is 1780. The lowest BCUT2D eigenvalue weighted by Gasteiger charge is -2.32. The van der Waals surface area contributed by atoms with Crippen molar-refractivity contribution in [3.05, 3.63) is 102 Å². The Labute approximate surface area is 265 Å². The second kappa shape index (κ2) is 13.3. The van der Waals surface area contributed by atoms with Crippen LogP contribution in [0, 0.1) is 0 Å². The van der Waals surface area contributed by atoms with Crippen LogP contribution in [-0.2, 0) is 32.6 Å². The number of carbonyl (C=O) groups excluding carboxylic acids is 2. The molecule has 1 aliphatic heterocycles. The first kappa shape index (κ1) is 30.6. The van der Waals surface area contributed by atoms with E-state index in [0.717, 1.165) is 47.6 Å². The van der Waals surface area contributed by atoms with Gasteiger partial charge in [0.25, 0.3) is 10.0 Å². The molecular formula is C36H39N3O5S. The normalized spacial score (nSPS) is 16.1. The molecule has 2 aliphatic rings. The Kier molecular flexibility index (Phi) is 9.07. The lowest BCUT2D eigenvalue weighted by molar-refractivity contribution is -0.141. The molecule has 0 bridgehead atoms. The van der Waals surface area contributed by atoms with Crippen LogP contribution in [-0.4, -0.2) is 50.9 Å². The van der Waals surface area contributed by atoms with Gasteiger partial charge in [-0.05, 0) is 60.0 Å². The summed E-state index contributed by atoms with van der Waals surface area (Å²) in [5.41, 5.74) is 2.45. The maximum Gasteiger partial charge on any atom is 0.265 e. The highest BCUT2D eigenvalue weighted by molar-refractivity contribution is 7.93. The highest BCUT2D eigenvalue weighted by atomic mass is 32.2. The zero-order valence-corrected chi connectivity index (χ0v) is 26.3. The van der Waals surface area contributed by atoms with Crippen molar-refractivity contribution in [1.82, 2.24) is 10.2 Å². The molecule has 1 aliphatic carbocycles. The van der Waals surface area contributed by atoms with Crippen molar-refractivity contribution in [2.24, 2.45) is 0 Å². The number of methoxy groups -OCH3 is 1. The first-order valence-electron chi connectivity index (χ1n) is 15.7. The van der Waals surface area contributed by atoms with Gasteiger partial charge < -0.3 is 15.0 Å². The number of rotatable bonds is 12. The van der Waals surface area contributed by atoms with Gasteiger partial charge in [0.05, 0.1) is 17.7 Å². The Morgan fingerprint density at radius 1 is 0.933 bits per heavy atom. The highest BCUT2D eigenvalue weighted by Crippen LogP contribution is 2.42. The average Bonchev–Trinajstić information content (AvgIpc) is 3.64. The smallest absolute Gasteiger partial charge is 0.265 e. The molecule has 1 heterocycles.